The molecule has 0 unspecified atom stereocenters. The van der Waals surface area contributed by atoms with Crippen molar-refractivity contribution in [3.63, 3.8) is 0 Å². The Labute approximate surface area is 144 Å². The van der Waals surface area contributed by atoms with Crippen LogP contribution < -0.4 is 19.5 Å². The molecule has 25 heavy (non-hydrogen) atoms. The molecule has 0 saturated carbocycles. The minimum absolute atomic E-state index is 0.0930. The molecular weight excluding hydrogens is 322 g/mol. The van der Waals surface area contributed by atoms with Crippen molar-refractivity contribution in [3.05, 3.63) is 54.3 Å². The number of benzene rings is 2. The molecule has 0 spiro atoms. The highest BCUT2D eigenvalue weighted by atomic mass is 16.7. The fourth-order valence-electron chi connectivity index (χ4n) is 2.69. The lowest BCUT2D eigenvalue weighted by molar-refractivity contribution is -0.123. The Kier molecular flexibility index (Phi) is 3.93. The number of carbonyl (C=O) groups excluding carboxylic acids is 1. The first kappa shape index (κ1) is 15.4. The normalized spacial score (nSPS) is 13.6. The summed E-state index contributed by atoms with van der Waals surface area (Å²) in [6, 6.07) is 14.6. The topological polar surface area (TPSA) is 69.9 Å². The van der Waals surface area contributed by atoms with Gasteiger partial charge in [-0.25, -0.2) is 0 Å². The van der Waals surface area contributed by atoms with Crippen molar-refractivity contribution in [3.8, 4) is 17.2 Å². The van der Waals surface area contributed by atoms with Crippen LogP contribution in [0.2, 0.25) is 0 Å². The monoisotopic (exact) mass is 339 g/mol. The van der Waals surface area contributed by atoms with Crippen molar-refractivity contribution in [1.82, 2.24) is 5.32 Å². The molecule has 6 heteroatoms. The third kappa shape index (κ3) is 3.24. The summed E-state index contributed by atoms with van der Waals surface area (Å²) >= 11 is 0. The maximum atomic E-state index is 12.1. The predicted octanol–water partition coefficient (Wildman–Crippen LogP) is 3.42. The molecule has 0 saturated heterocycles. The number of hydrogen-bond donors (Lipinski definition) is 1. The SMILES string of the molecule is C[C@H](NC(=O)COc1ccc2c(c1)OCO2)c1cc2ccccc2o1. The summed E-state index contributed by atoms with van der Waals surface area (Å²) in [5.74, 6) is 2.32. The van der Waals surface area contributed by atoms with Gasteiger partial charge < -0.3 is 23.9 Å². The largest absolute Gasteiger partial charge is 0.484 e. The van der Waals surface area contributed by atoms with E-state index in [1.807, 2.05) is 37.3 Å². The fourth-order valence-corrected chi connectivity index (χ4v) is 2.69. The number of furan rings is 1. The molecule has 2 aromatic carbocycles. The molecule has 2 heterocycles. The van der Waals surface area contributed by atoms with Crippen LogP contribution in [0.15, 0.2) is 52.9 Å². The molecule has 1 aliphatic rings. The molecule has 1 amide bonds. The number of fused-ring (bicyclic) bond motifs is 2. The first-order chi connectivity index (χ1) is 12.2. The zero-order chi connectivity index (χ0) is 17.2. The van der Waals surface area contributed by atoms with Crippen LogP contribution in [0.1, 0.15) is 18.7 Å². The van der Waals surface area contributed by atoms with E-state index in [0.717, 1.165) is 11.0 Å². The van der Waals surface area contributed by atoms with Gasteiger partial charge in [-0.05, 0) is 31.2 Å². The Morgan fingerprint density at radius 3 is 2.88 bits per heavy atom. The summed E-state index contributed by atoms with van der Waals surface area (Å²) in [4.78, 5) is 12.1. The highest BCUT2D eigenvalue weighted by Gasteiger charge is 2.16. The molecule has 6 nitrogen and oxygen atoms in total. The number of nitrogens with one attached hydrogen (secondary N) is 1. The second-order valence-electron chi connectivity index (χ2n) is 5.78. The smallest absolute Gasteiger partial charge is 0.258 e. The van der Waals surface area contributed by atoms with Gasteiger partial charge in [-0.1, -0.05) is 18.2 Å². The number of rotatable bonds is 5. The van der Waals surface area contributed by atoms with E-state index in [2.05, 4.69) is 5.32 Å². The van der Waals surface area contributed by atoms with Crippen molar-refractivity contribution in [1.29, 1.82) is 0 Å². The average molecular weight is 339 g/mol. The van der Waals surface area contributed by atoms with E-state index in [1.165, 1.54) is 0 Å². The average Bonchev–Trinajstić information content (AvgIpc) is 3.25. The number of hydrogen-bond acceptors (Lipinski definition) is 5. The van der Waals surface area contributed by atoms with Crippen LogP contribution in [0.5, 0.6) is 17.2 Å². The lowest BCUT2D eigenvalue weighted by Gasteiger charge is -2.12. The molecule has 128 valence electrons. The van der Waals surface area contributed by atoms with Gasteiger partial charge in [0, 0.05) is 11.5 Å². The maximum absolute atomic E-state index is 12.1. The molecule has 0 aliphatic carbocycles. The Bertz CT molecular complexity index is 884. The highest BCUT2D eigenvalue weighted by molar-refractivity contribution is 5.79. The van der Waals surface area contributed by atoms with Gasteiger partial charge in [-0.2, -0.15) is 0 Å². The Morgan fingerprint density at radius 1 is 1.16 bits per heavy atom. The summed E-state index contributed by atoms with van der Waals surface area (Å²) in [6.07, 6.45) is 0. The van der Waals surface area contributed by atoms with Crippen LogP contribution in [-0.4, -0.2) is 19.3 Å². The third-order valence-corrected chi connectivity index (χ3v) is 3.96. The van der Waals surface area contributed by atoms with Crippen LogP contribution in [-0.2, 0) is 4.79 Å². The molecule has 0 fully saturated rings. The Hall–Kier alpha value is -3.15. The summed E-state index contributed by atoms with van der Waals surface area (Å²) in [5.41, 5.74) is 0.801. The Balaban J connectivity index is 1.35. The fraction of sp³-hybridized carbons (Fsp3) is 0.211. The van der Waals surface area contributed by atoms with Crippen molar-refractivity contribution >= 4 is 16.9 Å². The summed E-state index contributed by atoms with van der Waals surface area (Å²) in [5, 5.41) is 3.88. The number of carbonyl (C=O) groups is 1. The standard InChI is InChI=1S/C19H17NO5/c1-12(17-8-13-4-2-3-5-15(13)25-17)20-19(21)10-22-14-6-7-16-18(9-14)24-11-23-16/h2-9,12H,10-11H2,1H3,(H,20,21)/t12-/m0/s1. The van der Waals surface area contributed by atoms with E-state index in [0.29, 0.717) is 23.0 Å². The van der Waals surface area contributed by atoms with Crippen molar-refractivity contribution in [2.75, 3.05) is 13.4 Å². The van der Waals surface area contributed by atoms with Crippen molar-refractivity contribution < 1.29 is 23.4 Å². The van der Waals surface area contributed by atoms with Gasteiger partial charge in [0.25, 0.3) is 5.91 Å². The van der Waals surface area contributed by atoms with E-state index in [-0.39, 0.29) is 25.3 Å². The summed E-state index contributed by atoms with van der Waals surface area (Å²) < 4.78 is 21.8. The zero-order valence-electron chi connectivity index (χ0n) is 13.7. The second-order valence-corrected chi connectivity index (χ2v) is 5.78. The molecule has 4 rings (SSSR count). The lowest BCUT2D eigenvalue weighted by atomic mass is 10.2. The number of amides is 1. The summed E-state index contributed by atoms with van der Waals surface area (Å²) in [7, 11) is 0. The van der Waals surface area contributed by atoms with Gasteiger partial charge >= 0.3 is 0 Å². The van der Waals surface area contributed by atoms with Gasteiger partial charge in [0.2, 0.25) is 6.79 Å². The van der Waals surface area contributed by atoms with E-state index in [9.17, 15) is 4.79 Å². The van der Waals surface area contributed by atoms with Gasteiger partial charge in [0.05, 0.1) is 6.04 Å². The number of para-hydroxylation sites is 1. The molecule has 0 bridgehead atoms. The van der Waals surface area contributed by atoms with Gasteiger partial charge in [0.15, 0.2) is 18.1 Å². The first-order valence-electron chi connectivity index (χ1n) is 7.99. The van der Waals surface area contributed by atoms with Gasteiger partial charge in [-0.3, -0.25) is 4.79 Å². The molecule has 1 atom stereocenters. The van der Waals surface area contributed by atoms with Crippen molar-refractivity contribution in [2.45, 2.75) is 13.0 Å². The maximum Gasteiger partial charge on any atom is 0.258 e. The lowest BCUT2D eigenvalue weighted by Crippen LogP contribution is -2.31. The number of ether oxygens (including phenoxy) is 3. The zero-order valence-corrected chi connectivity index (χ0v) is 13.7. The summed E-state index contributed by atoms with van der Waals surface area (Å²) in [6.45, 7) is 1.98. The van der Waals surface area contributed by atoms with E-state index in [4.69, 9.17) is 18.6 Å². The third-order valence-electron chi connectivity index (χ3n) is 3.96. The van der Waals surface area contributed by atoms with Gasteiger partial charge in [-0.15, -0.1) is 0 Å². The van der Waals surface area contributed by atoms with Crippen LogP contribution in [0.3, 0.4) is 0 Å². The quantitative estimate of drug-likeness (QED) is 0.771. The molecule has 1 aliphatic heterocycles. The molecule has 1 N–H and O–H groups in total. The predicted molar refractivity (Wildman–Crippen MR) is 90.8 cm³/mol. The minimum atomic E-state index is -0.250. The first-order valence-corrected chi connectivity index (χ1v) is 7.99. The van der Waals surface area contributed by atoms with Crippen molar-refractivity contribution in [2.24, 2.45) is 0 Å². The van der Waals surface area contributed by atoms with Gasteiger partial charge in [0.1, 0.15) is 17.1 Å². The van der Waals surface area contributed by atoms with E-state index >= 15 is 0 Å². The van der Waals surface area contributed by atoms with Crippen LogP contribution in [0.4, 0.5) is 0 Å². The molecule has 3 aromatic rings. The van der Waals surface area contributed by atoms with Crippen LogP contribution in [0.25, 0.3) is 11.0 Å². The van der Waals surface area contributed by atoms with Crippen LogP contribution in [0, 0.1) is 0 Å². The molecule has 0 radical (unpaired) electrons. The second kappa shape index (κ2) is 6.39. The Morgan fingerprint density at radius 2 is 2.00 bits per heavy atom. The minimum Gasteiger partial charge on any atom is -0.484 e. The van der Waals surface area contributed by atoms with E-state index in [1.54, 1.807) is 18.2 Å². The molecular formula is C19H17NO5. The highest BCUT2D eigenvalue weighted by Crippen LogP contribution is 2.35. The van der Waals surface area contributed by atoms with E-state index < -0.39 is 0 Å². The molecule has 1 aromatic heterocycles. The van der Waals surface area contributed by atoms with Crippen LogP contribution >= 0.6 is 0 Å².